The van der Waals surface area contributed by atoms with Crippen LogP contribution in [0.15, 0.2) is 0 Å². The summed E-state index contributed by atoms with van der Waals surface area (Å²) >= 11 is 0. The van der Waals surface area contributed by atoms with Crippen LogP contribution in [0.1, 0.15) is 47.5 Å². The minimum Gasteiger partial charge on any atom is -0.377 e. The van der Waals surface area contributed by atoms with Gasteiger partial charge in [0.05, 0.1) is 24.4 Å². The SMILES string of the molecule is CCOC(CC)(CC)C(N)COC(C)C. The minimum absolute atomic E-state index is 0.0464. The molecule has 0 aliphatic carbocycles. The number of rotatable bonds is 8. The first-order chi connectivity index (χ1) is 7.02. The van der Waals surface area contributed by atoms with Crippen molar-refractivity contribution in [1.29, 1.82) is 0 Å². The standard InChI is InChI=1S/C12H27NO2/c1-6-12(7-2,15-8-3)11(13)9-14-10(4)5/h10-11H,6-9,13H2,1-5H3. The van der Waals surface area contributed by atoms with Crippen LogP contribution in [-0.2, 0) is 9.47 Å². The van der Waals surface area contributed by atoms with Crippen LogP contribution in [0.4, 0.5) is 0 Å². The Hall–Kier alpha value is -0.120. The van der Waals surface area contributed by atoms with Gasteiger partial charge in [-0.15, -0.1) is 0 Å². The molecule has 0 aromatic carbocycles. The smallest absolute Gasteiger partial charge is 0.0849 e. The summed E-state index contributed by atoms with van der Waals surface area (Å²) in [7, 11) is 0. The molecule has 0 amide bonds. The molecule has 0 spiro atoms. The van der Waals surface area contributed by atoms with Crippen LogP contribution in [0, 0.1) is 0 Å². The molecule has 2 N–H and O–H groups in total. The molecule has 3 heteroatoms. The Kier molecular flexibility index (Phi) is 7.14. The molecule has 0 heterocycles. The third-order valence-corrected chi connectivity index (χ3v) is 2.91. The summed E-state index contributed by atoms with van der Waals surface area (Å²) in [5, 5.41) is 0. The summed E-state index contributed by atoms with van der Waals surface area (Å²) in [5.74, 6) is 0. The monoisotopic (exact) mass is 217 g/mol. The normalized spacial score (nSPS) is 14.6. The Labute approximate surface area is 94.3 Å². The lowest BCUT2D eigenvalue weighted by Crippen LogP contribution is -2.52. The van der Waals surface area contributed by atoms with Crippen molar-refractivity contribution in [1.82, 2.24) is 0 Å². The predicted molar refractivity (Wildman–Crippen MR) is 64.0 cm³/mol. The van der Waals surface area contributed by atoms with Crippen LogP contribution in [0.5, 0.6) is 0 Å². The van der Waals surface area contributed by atoms with Gasteiger partial charge >= 0.3 is 0 Å². The molecule has 92 valence electrons. The van der Waals surface area contributed by atoms with E-state index >= 15 is 0 Å². The lowest BCUT2D eigenvalue weighted by molar-refractivity contribution is -0.0853. The van der Waals surface area contributed by atoms with Gasteiger partial charge in [0.1, 0.15) is 0 Å². The molecule has 0 saturated heterocycles. The van der Waals surface area contributed by atoms with Gasteiger partial charge in [0.15, 0.2) is 0 Å². The Balaban J connectivity index is 4.32. The fourth-order valence-corrected chi connectivity index (χ4v) is 1.82. The Morgan fingerprint density at radius 1 is 1.13 bits per heavy atom. The van der Waals surface area contributed by atoms with Gasteiger partial charge in [-0.05, 0) is 33.6 Å². The van der Waals surface area contributed by atoms with Crippen molar-refractivity contribution in [2.75, 3.05) is 13.2 Å². The first kappa shape index (κ1) is 14.9. The molecular formula is C12H27NO2. The second-order valence-electron chi connectivity index (χ2n) is 4.19. The number of nitrogens with two attached hydrogens (primary N) is 1. The highest BCUT2D eigenvalue weighted by atomic mass is 16.5. The Morgan fingerprint density at radius 2 is 1.67 bits per heavy atom. The van der Waals surface area contributed by atoms with Crippen LogP contribution >= 0.6 is 0 Å². The van der Waals surface area contributed by atoms with Crippen molar-refractivity contribution in [3.63, 3.8) is 0 Å². The van der Waals surface area contributed by atoms with Gasteiger partial charge in [-0.1, -0.05) is 13.8 Å². The molecule has 1 atom stereocenters. The molecule has 0 aliphatic rings. The zero-order valence-corrected chi connectivity index (χ0v) is 10.9. The van der Waals surface area contributed by atoms with Gasteiger partial charge in [-0.2, -0.15) is 0 Å². The van der Waals surface area contributed by atoms with Crippen molar-refractivity contribution >= 4 is 0 Å². The van der Waals surface area contributed by atoms with E-state index in [0.717, 1.165) is 12.8 Å². The van der Waals surface area contributed by atoms with Gasteiger partial charge in [0.2, 0.25) is 0 Å². The second kappa shape index (κ2) is 7.20. The molecule has 15 heavy (non-hydrogen) atoms. The van der Waals surface area contributed by atoms with E-state index < -0.39 is 0 Å². The maximum Gasteiger partial charge on any atom is 0.0849 e. The fraction of sp³-hybridized carbons (Fsp3) is 1.00. The minimum atomic E-state index is -0.219. The van der Waals surface area contributed by atoms with E-state index in [4.69, 9.17) is 15.2 Å². The van der Waals surface area contributed by atoms with E-state index in [9.17, 15) is 0 Å². The van der Waals surface area contributed by atoms with Gasteiger partial charge in [0, 0.05) is 6.61 Å². The maximum absolute atomic E-state index is 6.16. The average Bonchev–Trinajstić information content (AvgIpc) is 2.22. The molecule has 3 nitrogen and oxygen atoms in total. The highest BCUT2D eigenvalue weighted by molar-refractivity contribution is 4.89. The van der Waals surface area contributed by atoms with Gasteiger partial charge in [-0.3, -0.25) is 0 Å². The molecule has 0 fully saturated rings. The predicted octanol–water partition coefficient (Wildman–Crippen LogP) is 2.33. The number of hydrogen-bond donors (Lipinski definition) is 1. The molecule has 0 saturated carbocycles. The third-order valence-electron chi connectivity index (χ3n) is 2.91. The molecule has 0 bridgehead atoms. The molecular weight excluding hydrogens is 190 g/mol. The third kappa shape index (κ3) is 4.49. The summed E-state index contributed by atoms with van der Waals surface area (Å²) in [6.07, 6.45) is 2.09. The summed E-state index contributed by atoms with van der Waals surface area (Å²) < 4.78 is 11.4. The molecule has 1 unspecified atom stereocenters. The van der Waals surface area contributed by atoms with E-state index in [0.29, 0.717) is 13.2 Å². The van der Waals surface area contributed by atoms with Gasteiger partial charge in [-0.25, -0.2) is 0 Å². The van der Waals surface area contributed by atoms with E-state index in [1.807, 2.05) is 20.8 Å². The molecule has 0 rings (SSSR count). The fourth-order valence-electron chi connectivity index (χ4n) is 1.82. The van der Waals surface area contributed by atoms with Crippen molar-refractivity contribution < 1.29 is 9.47 Å². The number of ether oxygens (including phenoxy) is 2. The van der Waals surface area contributed by atoms with Crippen LogP contribution in [-0.4, -0.2) is 31.0 Å². The maximum atomic E-state index is 6.16. The van der Waals surface area contributed by atoms with Crippen LogP contribution in [0.2, 0.25) is 0 Å². The summed E-state index contributed by atoms with van der Waals surface area (Å²) in [4.78, 5) is 0. The zero-order valence-electron chi connectivity index (χ0n) is 10.9. The first-order valence-electron chi connectivity index (χ1n) is 6.03. The number of hydrogen-bond acceptors (Lipinski definition) is 3. The van der Waals surface area contributed by atoms with Gasteiger partial charge < -0.3 is 15.2 Å². The van der Waals surface area contributed by atoms with E-state index in [-0.39, 0.29) is 17.7 Å². The highest BCUT2D eigenvalue weighted by Gasteiger charge is 2.34. The molecule has 0 aromatic rings. The Morgan fingerprint density at radius 3 is 2.00 bits per heavy atom. The van der Waals surface area contributed by atoms with E-state index in [2.05, 4.69) is 13.8 Å². The lowest BCUT2D eigenvalue weighted by atomic mass is 9.89. The van der Waals surface area contributed by atoms with Crippen molar-refractivity contribution in [2.45, 2.75) is 65.2 Å². The topological polar surface area (TPSA) is 44.5 Å². The van der Waals surface area contributed by atoms with Gasteiger partial charge in [0.25, 0.3) is 0 Å². The summed E-state index contributed by atoms with van der Waals surface area (Å²) in [5.41, 5.74) is 5.94. The van der Waals surface area contributed by atoms with E-state index in [1.165, 1.54) is 0 Å². The molecule has 0 aliphatic heterocycles. The summed E-state index contributed by atoms with van der Waals surface area (Å²) in [6, 6.07) is -0.0464. The zero-order chi connectivity index (χ0) is 11.9. The average molecular weight is 217 g/mol. The van der Waals surface area contributed by atoms with E-state index in [1.54, 1.807) is 0 Å². The largest absolute Gasteiger partial charge is 0.377 e. The highest BCUT2D eigenvalue weighted by Crippen LogP contribution is 2.24. The first-order valence-corrected chi connectivity index (χ1v) is 6.03. The molecule has 0 radical (unpaired) electrons. The summed E-state index contributed by atoms with van der Waals surface area (Å²) in [6.45, 7) is 11.6. The quantitative estimate of drug-likeness (QED) is 0.678. The van der Waals surface area contributed by atoms with Crippen molar-refractivity contribution in [3.05, 3.63) is 0 Å². The lowest BCUT2D eigenvalue weighted by Gasteiger charge is -2.37. The van der Waals surface area contributed by atoms with Crippen LogP contribution < -0.4 is 5.73 Å². The second-order valence-corrected chi connectivity index (χ2v) is 4.19. The van der Waals surface area contributed by atoms with Crippen molar-refractivity contribution in [3.8, 4) is 0 Å². The van der Waals surface area contributed by atoms with Crippen LogP contribution in [0.3, 0.4) is 0 Å². The molecule has 0 aromatic heterocycles. The van der Waals surface area contributed by atoms with Crippen molar-refractivity contribution in [2.24, 2.45) is 5.73 Å². The van der Waals surface area contributed by atoms with Crippen LogP contribution in [0.25, 0.3) is 0 Å². The Bertz CT molecular complexity index is 156.